The number of aliphatic carboxylic acids is 1. The number of aromatic amines is 1. The summed E-state index contributed by atoms with van der Waals surface area (Å²) < 4.78 is 31.7. The Morgan fingerprint density at radius 1 is 1.16 bits per heavy atom. The van der Waals surface area contributed by atoms with Gasteiger partial charge in [-0.2, -0.15) is 13.2 Å². The molecule has 0 saturated carbocycles. The van der Waals surface area contributed by atoms with Gasteiger partial charge in [-0.25, -0.2) is 9.78 Å². The summed E-state index contributed by atoms with van der Waals surface area (Å²) in [4.78, 5) is 16.6. The van der Waals surface area contributed by atoms with Crippen LogP contribution >= 0.6 is 0 Å². The van der Waals surface area contributed by atoms with E-state index in [1.165, 1.54) is 0 Å². The number of aromatic nitrogens is 2. The van der Waals surface area contributed by atoms with Gasteiger partial charge in [-0.3, -0.25) is 0 Å². The Morgan fingerprint density at radius 2 is 1.76 bits per heavy atom. The summed E-state index contributed by atoms with van der Waals surface area (Å²) in [6.45, 7) is 0.560. The topological polar surface area (TPSA) is 104 Å². The fourth-order valence-corrected chi connectivity index (χ4v) is 1.87. The van der Waals surface area contributed by atoms with Crippen LogP contribution in [0.25, 0.3) is 11.0 Å². The molecule has 0 amide bonds. The highest BCUT2D eigenvalue weighted by Crippen LogP contribution is 2.18. The van der Waals surface area contributed by atoms with Crippen LogP contribution in [-0.4, -0.2) is 27.2 Å². The summed E-state index contributed by atoms with van der Waals surface area (Å²) in [7, 11) is 0. The zero-order valence-electron chi connectivity index (χ0n) is 12.8. The van der Waals surface area contributed by atoms with E-state index < -0.39 is 12.1 Å². The molecule has 0 aliphatic rings. The van der Waals surface area contributed by atoms with Crippen LogP contribution in [0.3, 0.4) is 0 Å². The Labute approximate surface area is 140 Å². The van der Waals surface area contributed by atoms with Gasteiger partial charge in [-0.1, -0.05) is 24.3 Å². The van der Waals surface area contributed by atoms with E-state index in [1.807, 2.05) is 48.5 Å². The smallest absolute Gasteiger partial charge is 0.475 e. The summed E-state index contributed by atoms with van der Waals surface area (Å²) in [5, 5.41) is 10.4. The van der Waals surface area contributed by atoms with Crippen LogP contribution in [0, 0.1) is 0 Å². The summed E-state index contributed by atoms with van der Waals surface area (Å²) in [5.41, 5.74) is 9.66. The molecule has 0 spiro atoms. The maximum absolute atomic E-state index is 10.6. The number of carbonyl (C=O) groups is 1. The summed E-state index contributed by atoms with van der Waals surface area (Å²) in [6, 6.07) is 15.9. The van der Waals surface area contributed by atoms with E-state index in [-0.39, 0.29) is 0 Å². The number of halogens is 3. The lowest BCUT2D eigenvalue weighted by atomic mass is 10.2. The van der Waals surface area contributed by atoms with Crippen molar-refractivity contribution < 1.29 is 23.1 Å². The van der Waals surface area contributed by atoms with Crippen molar-refractivity contribution in [3.8, 4) is 0 Å². The molecule has 1 heterocycles. The minimum atomic E-state index is -5.08. The van der Waals surface area contributed by atoms with E-state index in [9.17, 15) is 13.2 Å². The largest absolute Gasteiger partial charge is 0.490 e. The van der Waals surface area contributed by atoms with Crippen molar-refractivity contribution in [2.45, 2.75) is 12.7 Å². The minimum Gasteiger partial charge on any atom is -0.475 e. The van der Waals surface area contributed by atoms with Gasteiger partial charge in [0.15, 0.2) is 0 Å². The number of hydrogen-bond donors (Lipinski definition) is 4. The molecule has 3 aromatic rings. The summed E-state index contributed by atoms with van der Waals surface area (Å²) in [6.07, 6.45) is -5.08. The van der Waals surface area contributed by atoms with E-state index >= 15 is 0 Å². The van der Waals surface area contributed by atoms with Crippen LogP contribution < -0.4 is 11.1 Å². The van der Waals surface area contributed by atoms with Gasteiger partial charge in [0, 0.05) is 12.2 Å². The van der Waals surface area contributed by atoms with Gasteiger partial charge >= 0.3 is 12.1 Å². The third-order valence-corrected chi connectivity index (χ3v) is 3.08. The Bertz CT molecular complexity index is 811. The van der Waals surface area contributed by atoms with Crippen molar-refractivity contribution in [1.29, 1.82) is 0 Å². The zero-order valence-corrected chi connectivity index (χ0v) is 12.8. The number of alkyl halides is 3. The second-order valence-corrected chi connectivity index (χ2v) is 4.93. The van der Waals surface area contributed by atoms with E-state index in [2.05, 4.69) is 15.3 Å². The summed E-state index contributed by atoms with van der Waals surface area (Å²) >= 11 is 0. The van der Waals surface area contributed by atoms with Crippen LogP contribution in [0.1, 0.15) is 5.56 Å². The van der Waals surface area contributed by atoms with E-state index in [0.717, 1.165) is 28.2 Å². The van der Waals surface area contributed by atoms with Crippen LogP contribution in [0.15, 0.2) is 48.5 Å². The maximum Gasteiger partial charge on any atom is 0.490 e. The third-order valence-electron chi connectivity index (χ3n) is 3.08. The first-order valence-corrected chi connectivity index (χ1v) is 7.10. The molecule has 0 aliphatic carbocycles. The number of nitrogens with one attached hydrogen (secondary N) is 2. The number of anilines is 2. The van der Waals surface area contributed by atoms with Crippen molar-refractivity contribution in [2.24, 2.45) is 5.73 Å². The lowest BCUT2D eigenvalue weighted by Gasteiger charge is -2.03. The van der Waals surface area contributed by atoms with Gasteiger partial charge in [0.1, 0.15) is 0 Å². The molecule has 132 valence electrons. The normalized spacial score (nSPS) is 10.9. The number of rotatable bonds is 3. The van der Waals surface area contributed by atoms with Gasteiger partial charge in [-0.05, 0) is 29.8 Å². The first kappa shape index (κ1) is 18.3. The molecule has 0 radical (unpaired) electrons. The zero-order chi connectivity index (χ0) is 18.4. The van der Waals surface area contributed by atoms with Crippen LogP contribution in [0.2, 0.25) is 0 Å². The van der Waals surface area contributed by atoms with Crippen molar-refractivity contribution in [3.05, 3.63) is 54.1 Å². The number of imidazole rings is 1. The molecule has 0 saturated heterocycles. The standard InChI is InChI=1S/C14H14N4.C2HF3O2/c15-9-10-5-7-11(8-6-10)16-14-17-12-3-1-2-4-13(12)18-14;3-2(4,5)1(6)7/h1-8H,9,15H2,(H2,16,17,18);(H,6,7). The molecule has 0 bridgehead atoms. The van der Waals surface area contributed by atoms with E-state index in [4.69, 9.17) is 15.6 Å². The average Bonchev–Trinajstić information content (AvgIpc) is 2.97. The molecule has 0 atom stereocenters. The fourth-order valence-electron chi connectivity index (χ4n) is 1.87. The summed E-state index contributed by atoms with van der Waals surface area (Å²) in [5.74, 6) is -2.01. The monoisotopic (exact) mass is 352 g/mol. The number of para-hydroxylation sites is 2. The lowest BCUT2D eigenvalue weighted by Crippen LogP contribution is -2.21. The number of carboxylic acid groups (broad SMARTS) is 1. The molecule has 2 aromatic carbocycles. The molecule has 0 aliphatic heterocycles. The molecule has 0 unspecified atom stereocenters. The molecule has 9 heteroatoms. The molecule has 0 fully saturated rings. The fraction of sp³-hybridized carbons (Fsp3) is 0.125. The van der Waals surface area contributed by atoms with Crippen molar-refractivity contribution >= 4 is 28.6 Å². The Hall–Kier alpha value is -3.07. The van der Waals surface area contributed by atoms with Gasteiger partial charge in [0.05, 0.1) is 11.0 Å². The lowest BCUT2D eigenvalue weighted by molar-refractivity contribution is -0.192. The predicted molar refractivity (Wildman–Crippen MR) is 87.4 cm³/mol. The van der Waals surface area contributed by atoms with Crippen molar-refractivity contribution in [1.82, 2.24) is 9.97 Å². The number of carboxylic acids is 1. The first-order valence-electron chi connectivity index (χ1n) is 7.10. The highest BCUT2D eigenvalue weighted by Gasteiger charge is 2.38. The first-order chi connectivity index (χ1) is 11.8. The molecular formula is C16H15F3N4O2. The molecular weight excluding hydrogens is 337 g/mol. The SMILES string of the molecule is NCc1ccc(Nc2nc3ccccc3[nH]2)cc1.O=C(O)C(F)(F)F. The maximum atomic E-state index is 10.6. The highest BCUT2D eigenvalue weighted by molar-refractivity contribution is 5.78. The van der Waals surface area contributed by atoms with Crippen LogP contribution in [0.4, 0.5) is 24.8 Å². The van der Waals surface area contributed by atoms with Crippen molar-refractivity contribution in [3.63, 3.8) is 0 Å². The Kier molecular flexibility index (Phi) is 5.60. The number of nitrogens with two attached hydrogens (primary N) is 1. The van der Waals surface area contributed by atoms with Gasteiger partial charge in [-0.15, -0.1) is 0 Å². The van der Waals surface area contributed by atoms with Gasteiger partial charge in [0.2, 0.25) is 5.95 Å². The molecule has 25 heavy (non-hydrogen) atoms. The van der Waals surface area contributed by atoms with Crippen LogP contribution in [-0.2, 0) is 11.3 Å². The Morgan fingerprint density at radius 3 is 2.28 bits per heavy atom. The number of benzene rings is 2. The number of hydrogen-bond acceptors (Lipinski definition) is 4. The third kappa shape index (κ3) is 5.21. The predicted octanol–water partition coefficient (Wildman–Crippen LogP) is 3.40. The molecule has 6 nitrogen and oxygen atoms in total. The highest BCUT2D eigenvalue weighted by atomic mass is 19.4. The van der Waals surface area contributed by atoms with Crippen LogP contribution in [0.5, 0.6) is 0 Å². The average molecular weight is 352 g/mol. The quantitative estimate of drug-likeness (QED) is 0.578. The Balaban J connectivity index is 0.000000277. The number of H-pyrrole nitrogens is 1. The second kappa shape index (κ2) is 7.67. The molecule has 5 N–H and O–H groups in total. The number of fused-ring (bicyclic) bond motifs is 1. The van der Waals surface area contributed by atoms with E-state index in [1.54, 1.807) is 0 Å². The molecule has 1 aromatic heterocycles. The molecule has 3 rings (SSSR count). The number of nitrogens with zero attached hydrogens (tertiary/aromatic N) is 1. The second-order valence-electron chi connectivity index (χ2n) is 4.93. The van der Waals surface area contributed by atoms with Gasteiger partial charge in [0.25, 0.3) is 0 Å². The van der Waals surface area contributed by atoms with Crippen molar-refractivity contribution in [2.75, 3.05) is 5.32 Å². The van der Waals surface area contributed by atoms with E-state index in [0.29, 0.717) is 6.54 Å². The minimum absolute atomic E-state index is 0.560. The van der Waals surface area contributed by atoms with Gasteiger partial charge < -0.3 is 21.1 Å².